The van der Waals surface area contributed by atoms with Crippen LogP contribution < -0.4 is 5.14 Å². The van der Waals surface area contributed by atoms with Crippen LogP contribution in [0, 0.1) is 6.92 Å². The zero-order valence-electron chi connectivity index (χ0n) is 9.29. The molecule has 0 bridgehead atoms. The normalized spacial score (nSPS) is 11.4. The van der Waals surface area contributed by atoms with Crippen molar-refractivity contribution in [3.05, 3.63) is 48.2 Å². The molecule has 0 unspecified atom stereocenters. The minimum atomic E-state index is -3.78. The van der Waals surface area contributed by atoms with Gasteiger partial charge in [0.05, 0.1) is 0 Å². The van der Waals surface area contributed by atoms with E-state index in [1.807, 2.05) is 30.3 Å². The number of pyridine rings is 1. The van der Waals surface area contributed by atoms with Crippen LogP contribution in [-0.4, -0.2) is 13.4 Å². The molecule has 0 spiro atoms. The van der Waals surface area contributed by atoms with Gasteiger partial charge < -0.3 is 0 Å². The lowest BCUT2D eigenvalue weighted by molar-refractivity contribution is 0.593. The molecule has 88 valence electrons. The zero-order chi connectivity index (χ0) is 12.5. The highest BCUT2D eigenvalue weighted by atomic mass is 32.2. The summed E-state index contributed by atoms with van der Waals surface area (Å²) >= 11 is 0. The van der Waals surface area contributed by atoms with Gasteiger partial charge in [0.15, 0.2) is 5.03 Å². The number of aromatic nitrogens is 1. The Labute approximate surface area is 100 Å². The van der Waals surface area contributed by atoms with Crippen molar-refractivity contribution in [2.75, 3.05) is 0 Å². The molecule has 5 heteroatoms. The first-order valence-electron chi connectivity index (χ1n) is 5.04. The molecule has 0 saturated carbocycles. The van der Waals surface area contributed by atoms with Gasteiger partial charge in [-0.15, -0.1) is 0 Å². The van der Waals surface area contributed by atoms with E-state index in [0.29, 0.717) is 5.56 Å². The maximum Gasteiger partial charge on any atom is 0.255 e. The Morgan fingerprint density at radius 2 is 1.76 bits per heavy atom. The number of benzene rings is 1. The molecule has 0 fully saturated rings. The largest absolute Gasteiger partial charge is 0.255 e. The topological polar surface area (TPSA) is 73.0 Å². The molecule has 1 aromatic heterocycles. The smallest absolute Gasteiger partial charge is 0.243 e. The number of hydrogen-bond donors (Lipinski definition) is 1. The summed E-state index contributed by atoms with van der Waals surface area (Å²) in [6.45, 7) is 1.70. The van der Waals surface area contributed by atoms with Crippen molar-refractivity contribution in [2.45, 2.75) is 11.9 Å². The summed E-state index contributed by atoms with van der Waals surface area (Å²) < 4.78 is 22.7. The molecule has 0 aliphatic carbocycles. The van der Waals surface area contributed by atoms with Crippen molar-refractivity contribution in [2.24, 2.45) is 5.14 Å². The lowest BCUT2D eigenvalue weighted by atomic mass is 10.0. The van der Waals surface area contributed by atoms with Gasteiger partial charge in [-0.2, -0.15) is 0 Å². The second-order valence-electron chi connectivity index (χ2n) is 3.70. The van der Waals surface area contributed by atoms with Crippen LogP contribution in [0.4, 0.5) is 0 Å². The third kappa shape index (κ3) is 2.35. The number of nitrogens with two attached hydrogens (primary N) is 1. The fourth-order valence-corrected chi connectivity index (χ4v) is 2.48. The number of rotatable bonds is 2. The van der Waals surface area contributed by atoms with Crippen LogP contribution in [0.2, 0.25) is 0 Å². The van der Waals surface area contributed by atoms with Crippen LogP contribution in [0.5, 0.6) is 0 Å². The van der Waals surface area contributed by atoms with Gasteiger partial charge in [0.25, 0.3) is 10.0 Å². The molecule has 4 nitrogen and oxygen atoms in total. The molecular formula is C12H12N2O2S. The number of primary sulfonamides is 1. The highest BCUT2D eigenvalue weighted by molar-refractivity contribution is 7.89. The molecule has 0 atom stereocenters. The van der Waals surface area contributed by atoms with E-state index in [0.717, 1.165) is 11.1 Å². The molecule has 2 rings (SSSR count). The van der Waals surface area contributed by atoms with E-state index in [4.69, 9.17) is 5.14 Å². The van der Waals surface area contributed by atoms with Crippen molar-refractivity contribution in [3.8, 4) is 11.1 Å². The van der Waals surface area contributed by atoms with Crippen molar-refractivity contribution in [1.29, 1.82) is 0 Å². The van der Waals surface area contributed by atoms with E-state index >= 15 is 0 Å². The van der Waals surface area contributed by atoms with Crippen LogP contribution in [-0.2, 0) is 10.0 Å². The lowest BCUT2D eigenvalue weighted by Crippen LogP contribution is -2.15. The van der Waals surface area contributed by atoms with Crippen molar-refractivity contribution >= 4 is 10.0 Å². The lowest BCUT2D eigenvalue weighted by Gasteiger charge is -2.08. The molecule has 0 aliphatic rings. The van der Waals surface area contributed by atoms with Crippen LogP contribution in [0.3, 0.4) is 0 Å². The number of nitrogens with zero attached hydrogens (tertiary/aromatic N) is 1. The summed E-state index contributed by atoms with van der Waals surface area (Å²) in [6.07, 6.45) is 1.45. The Kier molecular flexibility index (Phi) is 2.95. The molecule has 1 aromatic carbocycles. The third-order valence-corrected chi connectivity index (χ3v) is 3.46. The van der Waals surface area contributed by atoms with Gasteiger partial charge in [-0.25, -0.2) is 18.5 Å². The van der Waals surface area contributed by atoms with Gasteiger partial charge >= 0.3 is 0 Å². The van der Waals surface area contributed by atoms with Crippen LogP contribution >= 0.6 is 0 Å². The van der Waals surface area contributed by atoms with E-state index < -0.39 is 10.0 Å². The maximum absolute atomic E-state index is 11.4. The van der Waals surface area contributed by atoms with E-state index in [-0.39, 0.29) is 5.03 Å². The number of sulfonamides is 1. The minimum Gasteiger partial charge on any atom is -0.243 e. The van der Waals surface area contributed by atoms with Crippen LogP contribution in [0.15, 0.2) is 47.6 Å². The molecule has 2 aromatic rings. The van der Waals surface area contributed by atoms with Gasteiger partial charge in [-0.3, -0.25) is 0 Å². The van der Waals surface area contributed by atoms with E-state index in [9.17, 15) is 8.42 Å². The van der Waals surface area contributed by atoms with E-state index in [1.165, 1.54) is 6.20 Å². The average Bonchev–Trinajstić information content (AvgIpc) is 2.29. The van der Waals surface area contributed by atoms with Gasteiger partial charge in [0.1, 0.15) is 0 Å². The van der Waals surface area contributed by atoms with Crippen LogP contribution in [0.25, 0.3) is 11.1 Å². The second kappa shape index (κ2) is 4.27. The Hall–Kier alpha value is -1.72. The molecule has 1 heterocycles. The second-order valence-corrected chi connectivity index (χ2v) is 5.18. The molecule has 2 N–H and O–H groups in total. The van der Waals surface area contributed by atoms with Gasteiger partial charge in [0.2, 0.25) is 0 Å². The summed E-state index contributed by atoms with van der Waals surface area (Å²) in [4.78, 5) is 3.82. The Morgan fingerprint density at radius 1 is 1.12 bits per heavy atom. The van der Waals surface area contributed by atoms with Gasteiger partial charge in [-0.05, 0) is 29.7 Å². The predicted molar refractivity (Wildman–Crippen MR) is 65.8 cm³/mol. The quantitative estimate of drug-likeness (QED) is 0.879. The van der Waals surface area contributed by atoms with E-state index in [2.05, 4.69) is 4.98 Å². The predicted octanol–water partition coefficient (Wildman–Crippen LogP) is 1.70. The third-order valence-electron chi connectivity index (χ3n) is 2.51. The summed E-state index contributed by atoms with van der Waals surface area (Å²) in [6, 6.07) is 11.3. The van der Waals surface area contributed by atoms with E-state index in [1.54, 1.807) is 13.0 Å². The zero-order valence-corrected chi connectivity index (χ0v) is 10.1. The standard InChI is InChI=1S/C12H12N2O2S/c1-9-11(10-5-3-2-4-6-10)7-8-14-12(9)17(13,15)16/h2-8H,1H3,(H2,13,15,16). The summed E-state index contributed by atoms with van der Waals surface area (Å²) in [5, 5.41) is 5.04. The van der Waals surface area contributed by atoms with Crippen LogP contribution in [0.1, 0.15) is 5.56 Å². The Bertz CT molecular complexity index is 637. The molecule has 0 saturated heterocycles. The average molecular weight is 248 g/mol. The molecular weight excluding hydrogens is 236 g/mol. The summed E-state index contributed by atoms with van der Waals surface area (Å²) in [7, 11) is -3.78. The highest BCUT2D eigenvalue weighted by Crippen LogP contribution is 2.25. The highest BCUT2D eigenvalue weighted by Gasteiger charge is 2.16. The molecule has 0 aliphatic heterocycles. The monoisotopic (exact) mass is 248 g/mol. The molecule has 17 heavy (non-hydrogen) atoms. The van der Waals surface area contributed by atoms with Crippen molar-refractivity contribution < 1.29 is 8.42 Å². The fraction of sp³-hybridized carbons (Fsp3) is 0.0833. The summed E-state index contributed by atoms with van der Waals surface area (Å²) in [5.41, 5.74) is 2.34. The van der Waals surface area contributed by atoms with Gasteiger partial charge in [-0.1, -0.05) is 30.3 Å². The van der Waals surface area contributed by atoms with Gasteiger partial charge in [0, 0.05) is 6.20 Å². The fourth-order valence-electron chi connectivity index (χ4n) is 1.73. The first kappa shape index (κ1) is 11.8. The molecule has 0 amide bonds. The maximum atomic E-state index is 11.4. The Morgan fingerprint density at radius 3 is 2.35 bits per heavy atom. The summed E-state index contributed by atoms with van der Waals surface area (Å²) in [5.74, 6) is 0. The SMILES string of the molecule is Cc1c(-c2ccccc2)ccnc1S(N)(=O)=O. The minimum absolute atomic E-state index is 0.0705. The van der Waals surface area contributed by atoms with Crippen molar-refractivity contribution in [3.63, 3.8) is 0 Å². The van der Waals surface area contributed by atoms with Crippen molar-refractivity contribution in [1.82, 2.24) is 4.98 Å². The first-order chi connectivity index (χ1) is 8.00. The Balaban J connectivity index is 2.67. The number of hydrogen-bond acceptors (Lipinski definition) is 3. The molecule has 0 radical (unpaired) electrons. The first-order valence-corrected chi connectivity index (χ1v) is 6.58.